The topological polar surface area (TPSA) is 58.4 Å². The van der Waals surface area contributed by atoms with E-state index in [-0.39, 0.29) is 5.91 Å². The van der Waals surface area contributed by atoms with E-state index in [0.29, 0.717) is 18.1 Å². The van der Waals surface area contributed by atoms with Crippen molar-refractivity contribution in [2.75, 3.05) is 6.54 Å². The third-order valence-electron chi connectivity index (χ3n) is 4.52. The lowest BCUT2D eigenvalue weighted by molar-refractivity contribution is -0.124. The lowest BCUT2D eigenvalue weighted by Gasteiger charge is -2.33. The molecule has 1 amide bonds. The largest absolute Gasteiger partial charge is 0.368 e. The van der Waals surface area contributed by atoms with Crippen molar-refractivity contribution in [1.82, 2.24) is 10.2 Å². The molecular formula is C14H27N3O. The minimum absolute atomic E-state index is 0.156. The van der Waals surface area contributed by atoms with Gasteiger partial charge in [-0.3, -0.25) is 9.69 Å². The van der Waals surface area contributed by atoms with Crippen LogP contribution in [0.4, 0.5) is 0 Å². The molecule has 0 saturated heterocycles. The summed E-state index contributed by atoms with van der Waals surface area (Å²) in [5.74, 6) is -0.156. The SMILES string of the molecule is CCN(C(C)C)C1CCC(NC2CC2)(C(N)=O)C1. The first kappa shape index (κ1) is 13.8. The van der Waals surface area contributed by atoms with E-state index in [0.717, 1.165) is 25.8 Å². The molecule has 0 heterocycles. The minimum Gasteiger partial charge on any atom is -0.368 e. The fourth-order valence-corrected chi connectivity index (χ4v) is 3.39. The van der Waals surface area contributed by atoms with Gasteiger partial charge in [-0.25, -0.2) is 0 Å². The molecule has 2 unspecified atom stereocenters. The normalized spacial score (nSPS) is 32.4. The van der Waals surface area contributed by atoms with Gasteiger partial charge in [-0.1, -0.05) is 6.92 Å². The van der Waals surface area contributed by atoms with E-state index in [4.69, 9.17) is 5.73 Å². The maximum absolute atomic E-state index is 11.9. The lowest BCUT2D eigenvalue weighted by atomic mass is 9.95. The number of rotatable bonds is 6. The van der Waals surface area contributed by atoms with Crippen LogP contribution in [0.1, 0.15) is 52.9 Å². The van der Waals surface area contributed by atoms with Crippen LogP contribution in [0.2, 0.25) is 0 Å². The highest BCUT2D eigenvalue weighted by molar-refractivity contribution is 5.85. The molecule has 2 fully saturated rings. The van der Waals surface area contributed by atoms with E-state index in [2.05, 4.69) is 31.0 Å². The number of amides is 1. The maximum atomic E-state index is 11.9. The molecular weight excluding hydrogens is 226 g/mol. The number of primary amides is 1. The summed E-state index contributed by atoms with van der Waals surface area (Å²) in [7, 11) is 0. The van der Waals surface area contributed by atoms with Crippen molar-refractivity contribution in [2.24, 2.45) is 5.73 Å². The molecule has 0 aromatic carbocycles. The predicted molar refractivity (Wildman–Crippen MR) is 73.2 cm³/mol. The van der Waals surface area contributed by atoms with Crippen LogP contribution in [0.25, 0.3) is 0 Å². The molecule has 0 bridgehead atoms. The van der Waals surface area contributed by atoms with Gasteiger partial charge < -0.3 is 11.1 Å². The van der Waals surface area contributed by atoms with Crippen molar-refractivity contribution in [3.8, 4) is 0 Å². The Bertz CT molecular complexity index is 314. The Morgan fingerprint density at radius 1 is 1.44 bits per heavy atom. The Kier molecular flexibility index (Phi) is 3.97. The number of hydrogen-bond acceptors (Lipinski definition) is 3. The molecule has 0 aromatic rings. The summed E-state index contributed by atoms with van der Waals surface area (Å²) in [5, 5.41) is 3.51. The molecule has 104 valence electrons. The second-order valence-corrected chi connectivity index (χ2v) is 6.19. The van der Waals surface area contributed by atoms with Gasteiger partial charge in [0.15, 0.2) is 0 Å². The van der Waals surface area contributed by atoms with E-state index >= 15 is 0 Å². The van der Waals surface area contributed by atoms with Crippen molar-refractivity contribution in [3.05, 3.63) is 0 Å². The number of hydrogen-bond donors (Lipinski definition) is 2. The van der Waals surface area contributed by atoms with Gasteiger partial charge in [0.05, 0.1) is 5.54 Å². The summed E-state index contributed by atoms with van der Waals surface area (Å²) in [6, 6.07) is 1.56. The van der Waals surface area contributed by atoms with Crippen LogP contribution in [0.5, 0.6) is 0 Å². The molecule has 0 spiro atoms. The Balaban J connectivity index is 2.04. The zero-order valence-corrected chi connectivity index (χ0v) is 11.9. The standard InChI is InChI=1S/C14H27N3O/c1-4-17(10(2)3)12-7-8-14(9-12,13(15)18)16-11-5-6-11/h10-12,16H,4-9H2,1-3H3,(H2,15,18). The molecule has 2 saturated carbocycles. The predicted octanol–water partition coefficient (Wildman–Crippen LogP) is 1.25. The Hall–Kier alpha value is -0.610. The summed E-state index contributed by atoms with van der Waals surface area (Å²) < 4.78 is 0. The molecule has 18 heavy (non-hydrogen) atoms. The van der Waals surface area contributed by atoms with Crippen LogP contribution in [0.15, 0.2) is 0 Å². The third kappa shape index (κ3) is 2.69. The second kappa shape index (κ2) is 5.17. The highest BCUT2D eigenvalue weighted by Gasteiger charge is 2.48. The highest BCUT2D eigenvalue weighted by Crippen LogP contribution is 2.36. The molecule has 0 aromatic heterocycles. The molecule has 3 N–H and O–H groups in total. The average molecular weight is 253 g/mol. The van der Waals surface area contributed by atoms with Crippen molar-refractivity contribution < 1.29 is 4.79 Å². The van der Waals surface area contributed by atoms with Gasteiger partial charge in [0.1, 0.15) is 0 Å². The molecule has 2 aliphatic rings. The Labute approximate surface area is 110 Å². The Morgan fingerprint density at radius 2 is 2.11 bits per heavy atom. The van der Waals surface area contributed by atoms with Gasteiger partial charge >= 0.3 is 0 Å². The van der Waals surface area contributed by atoms with Crippen molar-refractivity contribution in [1.29, 1.82) is 0 Å². The number of carbonyl (C=O) groups excluding carboxylic acids is 1. The molecule has 4 heteroatoms. The quantitative estimate of drug-likeness (QED) is 0.749. The van der Waals surface area contributed by atoms with Crippen LogP contribution in [-0.4, -0.2) is 41.0 Å². The van der Waals surface area contributed by atoms with E-state index in [1.807, 2.05) is 0 Å². The van der Waals surface area contributed by atoms with Gasteiger partial charge in [-0.2, -0.15) is 0 Å². The van der Waals surface area contributed by atoms with Gasteiger partial charge in [0.2, 0.25) is 5.91 Å². The average Bonchev–Trinajstić information content (AvgIpc) is 2.99. The van der Waals surface area contributed by atoms with Crippen LogP contribution in [0.3, 0.4) is 0 Å². The Morgan fingerprint density at radius 3 is 2.56 bits per heavy atom. The number of nitrogens with two attached hydrogens (primary N) is 1. The summed E-state index contributed by atoms with van der Waals surface area (Å²) >= 11 is 0. The van der Waals surface area contributed by atoms with Crippen LogP contribution in [0, 0.1) is 0 Å². The smallest absolute Gasteiger partial charge is 0.237 e. The molecule has 2 aliphatic carbocycles. The van der Waals surface area contributed by atoms with Crippen LogP contribution < -0.4 is 11.1 Å². The second-order valence-electron chi connectivity index (χ2n) is 6.19. The van der Waals surface area contributed by atoms with E-state index in [1.54, 1.807) is 0 Å². The van der Waals surface area contributed by atoms with Crippen LogP contribution >= 0.6 is 0 Å². The van der Waals surface area contributed by atoms with Gasteiger partial charge in [0.25, 0.3) is 0 Å². The number of nitrogens with zero attached hydrogens (tertiary/aromatic N) is 1. The first-order chi connectivity index (χ1) is 8.48. The zero-order chi connectivity index (χ0) is 13.3. The first-order valence-electron chi connectivity index (χ1n) is 7.32. The minimum atomic E-state index is -0.436. The summed E-state index contributed by atoms with van der Waals surface area (Å²) in [4.78, 5) is 14.3. The van der Waals surface area contributed by atoms with Crippen LogP contribution in [-0.2, 0) is 4.79 Å². The molecule has 0 radical (unpaired) electrons. The van der Waals surface area contributed by atoms with Crippen molar-refractivity contribution >= 4 is 5.91 Å². The summed E-state index contributed by atoms with van der Waals surface area (Å²) in [6.45, 7) is 7.68. The molecule has 0 aliphatic heterocycles. The molecule has 2 atom stereocenters. The van der Waals surface area contributed by atoms with E-state index < -0.39 is 5.54 Å². The van der Waals surface area contributed by atoms with Gasteiger partial charge in [0, 0.05) is 18.1 Å². The van der Waals surface area contributed by atoms with E-state index in [9.17, 15) is 4.79 Å². The third-order valence-corrected chi connectivity index (χ3v) is 4.52. The zero-order valence-electron chi connectivity index (χ0n) is 11.9. The summed E-state index contributed by atoms with van der Waals surface area (Å²) in [5.41, 5.74) is 5.23. The maximum Gasteiger partial charge on any atom is 0.237 e. The lowest BCUT2D eigenvalue weighted by Crippen LogP contribution is -2.55. The van der Waals surface area contributed by atoms with E-state index in [1.165, 1.54) is 12.8 Å². The first-order valence-corrected chi connectivity index (χ1v) is 7.32. The number of nitrogens with one attached hydrogen (secondary N) is 1. The van der Waals surface area contributed by atoms with Crippen molar-refractivity contribution in [2.45, 2.75) is 76.5 Å². The fourth-order valence-electron chi connectivity index (χ4n) is 3.39. The fraction of sp³-hybridized carbons (Fsp3) is 0.929. The molecule has 4 nitrogen and oxygen atoms in total. The summed E-state index contributed by atoms with van der Waals surface area (Å²) in [6.07, 6.45) is 5.25. The highest BCUT2D eigenvalue weighted by atomic mass is 16.1. The van der Waals surface area contributed by atoms with Gasteiger partial charge in [-0.15, -0.1) is 0 Å². The number of carbonyl (C=O) groups is 1. The van der Waals surface area contributed by atoms with Crippen molar-refractivity contribution in [3.63, 3.8) is 0 Å². The monoisotopic (exact) mass is 253 g/mol. The molecule has 2 rings (SSSR count). The van der Waals surface area contributed by atoms with Gasteiger partial charge in [-0.05, 0) is 52.5 Å².